The van der Waals surface area contributed by atoms with Crippen LogP contribution < -0.4 is 15.8 Å². The van der Waals surface area contributed by atoms with Crippen LogP contribution in [-0.4, -0.2) is 33.9 Å². The first-order valence-electron chi connectivity index (χ1n) is 8.73. The summed E-state index contributed by atoms with van der Waals surface area (Å²) < 4.78 is 0. The lowest BCUT2D eigenvalue weighted by Crippen LogP contribution is -2.31. The predicted molar refractivity (Wildman–Crippen MR) is 107 cm³/mol. The average Bonchev–Trinajstić information content (AvgIpc) is 2.95. The normalized spacial score (nSPS) is 14.3. The van der Waals surface area contributed by atoms with Gasteiger partial charge >= 0.3 is 5.69 Å². The van der Waals surface area contributed by atoms with Crippen LogP contribution in [0.4, 0.5) is 17.3 Å². The van der Waals surface area contributed by atoms with Gasteiger partial charge in [-0.15, -0.1) is 0 Å². The number of rotatable bonds is 5. The second-order valence-electron chi connectivity index (χ2n) is 6.26. The molecule has 0 atom stereocenters. The van der Waals surface area contributed by atoms with Crippen molar-refractivity contribution in [2.24, 2.45) is 0 Å². The highest BCUT2D eigenvalue weighted by Crippen LogP contribution is 2.32. The van der Waals surface area contributed by atoms with Crippen molar-refractivity contribution in [3.63, 3.8) is 0 Å². The first-order valence-corrected chi connectivity index (χ1v) is 9.48. The van der Waals surface area contributed by atoms with E-state index >= 15 is 0 Å². The Morgan fingerprint density at radius 1 is 1.14 bits per heavy atom. The van der Waals surface area contributed by atoms with Gasteiger partial charge in [-0.1, -0.05) is 36.0 Å². The van der Waals surface area contributed by atoms with E-state index in [4.69, 9.17) is 23.2 Å². The third-order valence-corrected chi connectivity index (χ3v) is 4.91. The fourth-order valence-electron chi connectivity index (χ4n) is 3.00. The number of carbonyl (C=O) groups excluding carboxylic acids is 1. The molecule has 2 heterocycles. The summed E-state index contributed by atoms with van der Waals surface area (Å²) in [6.45, 7) is 1.37. The Balaban J connectivity index is 1.82. The number of hydrazine groups is 1. The lowest BCUT2D eigenvalue weighted by molar-refractivity contribution is -0.383. The van der Waals surface area contributed by atoms with Crippen LogP contribution in [-0.2, 0) is 0 Å². The van der Waals surface area contributed by atoms with Gasteiger partial charge in [0.25, 0.3) is 5.91 Å². The second kappa shape index (κ2) is 9.03. The summed E-state index contributed by atoms with van der Waals surface area (Å²) in [5, 5.41) is 12.2. The maximum absolute atomic E-state index is 12.3. The molecule has 1 aromatic heterocycles. The van der Waals surface area contributed by atoms with Crippen molar-refractivity contribution in [3.8, 4) is 0 Å². The molecule has 2 aromatic rings. The van der Waals surface area contributed by atoms with Gasteiger partial charge in [0.1, 0.15) is 6.33 Å². The third kappa shape index (κ3) is 4.60. The SMILES string of the molecule is O=C(NNc1ncnc(N2CCCCCC2)c1[N+](=O)[O-])c1ccc(Cl)cc1Cl. The van der Waals surface area contributed by atoms with Gasteiger partial charge in [-0.3, -0.25) is 25.8 Å². The Morgan fingerprint density at radius 3 is 2.50 bits per heavy atom. The molecule has 1 aliphatic rings. The van der Waals surface area contributed by atoms with E-state index in [0.29, 0.717) is 18.1 Å². The smallest absolute Gasteiger partial charge is 0.351 e. The summed E-state index contributed by atoms with van der Waals surface area (Å²) >= 11 is 11.8. The number of nitrogens with one attached hydrogen (secondary N) is 2. The van der Waals surface area contributed by atoms with E-state index in [1.54, 1.807) is 0 Å². The van der Waals surface area contributed by atoms with Crippen LogP contribution in [0.3, 0.4) is 0 Å². The molecule has 0 unspecified atom stereocenters. The number of carbonyl (C=O) groups is 1. The van der Waals surface area contributed by atoms with Crippen molar-refractivity contribution in [2.75, 3.05) is 23.4 Å². The number of aromatic nitrogens is 2. The summed E-state index contributed by atoms with van der Waals surface area (Å²) in [5.41, 5.74) is 4.79. The molecule has 1 fully saturated rings. The molecule has 2 N–H and O–H groups in total. The summed E-state index contributed by atoms with van der Waals surface area (Å²) in [5.74, 6) is -0.438. The van der Waals surface area contributed by atoms with Gasteiger partial charge in [-0.2, -0.15) is 0 Å². The fraction of sp³-hybridized carbons (Fsp3) is 0.353. The van der Waals surface area contributed by atoms with E-state index in [-0.39, 0.29) is 27.9 Å². The van der Waals surface area contributed by atoms with Crippen molar-refractivity contribution in [2.45, 2.75) is 25.7 Å². The Bertz CT molecular complexity index is 887. The van der Waals surface area contributed by atoms with E-state index < -0.39 is 10.8 Å². The van der Waals surface area contributed by atoms with Crippen molar-refractivity contribution in [1.29, 1.82) is 0 Å². The third-order valence-electron chi connectivity index (χ3n) is 4.36. The molecule has 148 valence electrons. The Kier molecular flexibility index (Phi) is 6.48. The van der Waals surface area contributed by atoms with Crippen molar-refractivity contribution >= 4 is 46.4 Å². The highest BCUT2D eigenvalue weighted by Gasteiger charge is 2.28. The first kappa shape index (κ1) is 20.1. The maximum atomic E-state index is 12.3. The molecule has 0 aliphatic carbocycles. The molecule has 9 nitrogen and oxygen atoms in total. The van der Waals surface area contributed by atoms with Gasteiger partial charge in [0.2, 0.25) is 11.6 Å². The van der Waals surface area contributed by atoms with E-state index in [2.05, 4.69) is 20.8 Å². The molecule has 0 spiro atoms. The van der Waals surface area contributed by atoms with E-state index in [0.717, 1.165) is 25.7 Å². The van der Waals surface area contributed by atoms with Crippen LogP contribution in [0.15, 0.2) is 24.5 Å². The molecule has 1 aromatic carbocycles. The first-order chi connectivity index (χ1) is 13.5. The number of hydrogen-bond donors (Lipinski definition) is 2. The minimum Gasteiger partial charge on any atom is -0.351 e. The van der Waals surface area contributed by atoms with Gasteiger partial charge in [0.15, 0.2) is 0 Å². The number of amides is 1. The quantitative estimate of drug-likeness (QED) is 0.553. The van der Waals surface area contributed by atoms with Crippen molar-refractivity contribution in [3.05, 3.63) is 50.2 Å². The number of nitrogens with zero attached hydrogens (tertiary/aromatic N) is 4. The van der Waals surface area contributed by atoms with Gasteiger partial charge < -0.3 is 4.90 Å². The van der Waals surface area contributed by atoms with E-state index in [1.807, 2.05) is 4.90 Å². The molecular formula is C17H18Cl2N6O3. The highest BCUT2D eigenvalue weighted by molar-refractivity contribution is 6.36. The second-order valence-corrected chi connectivity index (χ2v) is 7.10. The summed E-state index contributed by atoms with van der Waals surface area (Å²) in [6, 6.07) is 4.41. The largest absolute Gasteiger partial charge is 0.355 e. The van der Waals surface area contributed by atoms with Crippen molar-refractivity contribution in [1.82, 2.24) is 15.4 Å². The van der Waals surface area contributed by atoms with Gasteiger partial charge in [-0.25, -0.2) is 9.97 Å². The number of hydrogen-bond acceptors (Lipinski definition) is 7. The number of halogens is 2. The fourth-order valence-corrected chi connectivity index (χ4v) is 3.49. The van der Waals surface area contributed by atoms with Gasteiger partial charge in [-0.05, 0) is 31.0 Å². The standard InChI is InChI=1S/C17H18Cl2N6O3/c18-11-5-6-12(13(19)9-11)17(26)23-22-15-14(25(27)28)16(21-10-20-15)24-7-3-1-2-4-8-24/h5-6,9-10H,1-4,7-8H2,(H,23,26)(H,20,21,22). The van der Waals surface area contributed by atoms with Gasteiger partial charge in [0, 0.05) is 18.1 Å². The molecule has 0 radical (unpaired) electrons. The molecule has 3 rings (SSSR count). The zero-order valence-corrected chi connectivity index (χ0v) is 16.3. The van der Waals surface area contributed by atoms with E-state index in [1.165, 1.54) is 24.5 Å². The van der Waals surface area contributed by atoms with Crippen LogP contribution in [0.5, 0.6) is 0 Å². The molecule has 1 saturated heterocycles. The minimum absolute atomic E-state index is 0.0994. The molecule has 0 bridgehead atoms. The van der Waals surface area contributed by atoms with Crippen LogP contribution >= 0.6 is 23.2 Å². The van der Waals surface area contributed by atoms with Crippen molar-refractivity contribution < 1.29 is 9.72 Å². The molecule has 1 aliphatic heterocycles. The molecular weight excluding hydrogens is 407 g/mol. The topological polar surface area (TPSA) is 113 Å². The maximum Gasteiger partial charge on any atom is 0.355 e. The minimum atomic E-state index is -0.578. The zero-order chi connectivity index (χ0) is 20.1. The lowest BCUT2D eigenvalue weighted by Gasteiger charge is -2.21. The highest BCUT2D eigenvalue weighted by atomic mass is 35.5. The Morgan fingerprint density at radius 2 is 1.86 bits per heavy atom. The predicted octanol–water partition coefficient (Wildman–Crippen LogP) is 3.83. The van der Waals surface area contributed by atoms with Crippen LogP contribution in [0.2, 0.25) is 10.0 Å². The van der Waals surface area contributed by atoms with E-state index in [9.17, 15) is 14.9 Å². The molecule has 0 saturated carbocycles. The summed E-state index contributed by atoms with van der Waals surface area (Å²) in [4.78, 5) is 33.4. The summed E-state index contributed by atoms with van der Waals surface area (Å²) in [7, 11) is 0. The number of anilines is 2. The van der Waals surface area contributed by atoms with Crippen LogP contribution in [0.1, 0.15) is 36.0 Å². The zero-order valence-electron chi connectivity index (χ0n) is 14.8. The average molecular weight is 425 g/mol. The Hall–Kier alpha value is -2.65. The monoisotopic (exact) mass is 424 g/mol. The lowest BCUT2D eigenvalue weighted by atomic mass is 10.2. The summed E-state index contributed by atoms with van der Waals surface area (Å²) in [6.07, 6.45) is 5.28. The number of benzene rings is 1. The number of nitro groups is 1. The molecule has 11 heteroatoms. The Labute approximate surface area is 171 Å². The van der Waals surface area contributed by atoms with Crippen LogP contribution in [0, 0.1) is 10.1 Å². The van der Waals surface area contributed by atoms with Gasteiger partial charge in [0.05, 0.1) is 15.5 Å². The molecule has 1 amide bonds. The molecule has 28 heavy (non-hydrogen) atoms. The van der Waals surface area contributed by atoms with Crippen LogP contribution in [0.25, 0.3) is 0 Å².